The maximum Gasteiger partial charge on any atom is 0.0594 e. The third-order valence-corrected chi connectivity index (χ3v) is 12.5. The Balaban J connectivity index is 1.57. The van der Waals surface area contributed by atoms with E-state index in [-0.39, 0.29) is 29.0 Å². The zero-order valence-corrected chi connectivity index (χ0v) is 20.9. The van der Waals surface area contributed by atoms with Crippen LogP contribution in [0.2, 0.25) is 0 Å². The quantitative estimate of drug-likeness (QED) is 0.596. The SMILES string of the molecule is CN[C@H]1CC[C@]23C[C@]24CC[C@]2(C)[C@@H]([C@H](C)N(C)C)[C@H](O)C[C@@]2(C)[C@@H]4C=C[C@H]3[C@@]1(C)CO. The molecule has 4 nitrogen and oxygen atoms in total. The zero-order valence-electron chi connectivity index (χ0n) is 20.9. The summed E-state index contributed by atoms with van der Waals surface area (Å²) in [6, 6.07) is 0.767. The van der Waals surface area contributed by atoms with Crippen LogP contribution in [0.3, 0.4) is 0 Å². The number of nitrogens with one attached hydrogen (secondary N) is 1. The molecule has 0 amide bonds. The maximum atomic E-state index is 11.4. The number of nitrogens with zero attached hydrogens (tertiary/aromatic N) is 1. The number of aliphatic hydroxyl groups excluding tert-OH is 2. The summed E-state index contributed by atoms with van der Waals surface area (Å²) in [6.07, 6.45) is 12.1. The standard InChI is InChI=1S/C27H46N2O2/c1-17(29(6)7)22-18(31)14-25(4)20-9-8-19-23(2,16-30)21(28-5)10-11-26(19)15-27(20,26)13-12-24(22,25)3/h8-9,17-22,28,30-31H,10-16H2,1-7H3/t17-,18+,19-,20-,21-,22-,23+,24+,25-,26+,27-/m0/s1. The number of aliphatic hydroxyl groups is 2. The van der Waals surface area contributed by atoms with E-state index in [1.807, 2.05) is 0 Å². The van der Waals surface area contributed by atoms with Crippen molar-refractivity contribution >= 4 is 0 Å². The molecule has 0 aliphatic heterocycles. The van der Waals surface area contributed by atoms with Crippen LogP contribution in [0, 0.1) is 44.8 Å². The van der Waals surface area contributed by atoms with Crippen molar-refractivity contribution in [2.24, 2.45) is 44.8 Å². The van der Waals surface area contributed by atoms with E-state index in [1.165, 1.54) is 32.1 Å². The van der Waals surface area contributed by atoms with Crippen molar-refractivity contribution in [3.05, 3.63) is 12.2 Å². The van der Waals surface area contributed by atoms with Crippen LogP contribution in [0.4, 0.5) is 0 Å². The predicted molar refractivity (Wildman–Crippen MR) is 126 cm³/mol. The minimum absolute atomic E-state index is 0.0865. The molecule has 5 aliphatic rings. The first-order chi connectivity index (χ1) is 14.5. The van der Waals surface area contributed by atoms with Crippen LogP contribution in [-0.2, 0) is 0 Å². The molecular weight excluding hydrogens is 384 g/mol. The molecule has 4 fully saturated rings. The molecule has 3 N–H and O–H groups in total. The van der Waals surface area contributed by atoms with Crippen LogP contribution < -0.4 is 5.32 Å². The number of hydrogen-bond acceptors (Lipinski definition) is 4. The summed E-state index contributed by atoms with van der Waals surface area (Å²) in [5.74, 6) is 1.34. The molecule has 4 saturated carbocycles. The fourth-order valence-corrected chi connectivity index (χ4v) is 10.4. The highest BCUT2D eigenvalue weighted by Gasteiger charge is 2.82. The molecule has 2 spiro atoms. The highest BCUT2D eigenvalue weighted by atomic mass is 16.3. The van der Waals surface area contributed by atoms with Crippen LogP contribution in [0.25, 0.3) is 0 Å². The highest BCUT2D eigenvalue weighted by Crippen LogP contribution is 2.87. The molecular formula is C27H46N2O2. The predicted octanol–water partition coefficient (Wildman–Crippen LogP) is 3.68. The van der Waals surface area contributed by atoms with Gasteiger partial charge in [-0.15, -0.1) is 0 Å². The molecule has 4 heteroatoms. The fourth-order valence-electron chi connectivity index (χ4n) is 10.4. The van der Waals surface area contributed by atoms with E-state index in [0.29, 0.717) is 40.7 Å². The van der Waals surface area contributed by atoms with Gasteiger partial charge in [0.2, 0.25) is 0 Å². The maximum absolute atomic E-state index is 11.4. The number of fused-ring (bicyclic) bond motifs is 2. The van der Waals surface area contributed by atoms with Gasteiger partial charge in [-0.05, 0) is 100 Å². The molecule has 0 aromatic heterocycles. The summed E-state index contributed by atoms with van der Waals surface area (Å²) in [6.45, 7) is 9.91. The summed E-state index contributed by atoms with van der Waals surface area (Å²) in [4.78, 5) is 2.31. The molecule has 0 aromatic rings. The Morgan fingerprint density at radius 3 is 2.29 bits per heavy atom. The third kappa shape index (κ3) is 2.36. The van der Waals surface area contributed by atoms with E-state index in [0.717, 1.165) is 6.42 Å². The lowest BCUT2D eigenvalue weighted by molar-refractivity contribution is -0.111. The first kappa shape index (κ1) is 22.4. The van der Waals surface area contributed by atoms with Crippen LogP contribution in [0.5, 0.6) is 0 Å². The number of rotatable bonds is 4. The topological polar surface area (TPSA) is 55.7 Å². The van der Waals surface area contributed by atoms with E-state index < -0.39 is 0 Å². The zero-order chi connectivity index (χ0) is 22.6. The molecule has 5 aliphatic carbocycles. The molecule has 31 heavy (non-hydrogen) atoms. The van der Waals surface area contributed by atoms with Gasteiger partial charge in [0, 0.05) is 23.4 Å². The smallest absolute Gasteiger partial charge is 0.0594 e. The molecule has 5 rings (SSSR count). The monoisotopic (exact) mass is 430 g/mol. The summed E-state index contributed by atoms with van der Waals surface area (Å²) in [5.41, 5.74) is 0.954. The third-order valence-electron chi connectivity index (χ3n) is 12.5. The van der Waals surface area contributed by atoms with Crippen molar-refractivity contribution in [1.82, 2.24) is 10.2 Å². The lowest BCUT2D eigenvalue weighted by atomic mass is 9.43. The summed E-state index contributed by atoms with van der Waals surface area (Å²) in [7, 11) is 6.39. The first-order valence-corrected chi connectivity index (χ1v) is 12.8. The Bertz CT molecular complexity index is 783. The van der Waals surface area contributed by atoms with Crippen molar-refractivity contribution < 1.29 is 10.2 Å². The first-order valence-electron chi connectivity index (χ1n) is 12.8. The van der Waals surface area contributed by atoms with Crippen LogP contribution in [-0.4, -0.2) is 61.1 Å². The average molecular weight is 431 g/mol. The van der Waals surface area contributed by atoms with Gasteiger partial charge >= 0.3 is 0 Å². The lowest BCUT2D eigenvalue weighted by Gasteiger charge is -2.61. The average Bonchev–Trinajstić information content (AvgIpc) is 3.33. The fraction of sp³-hybridized carbons (Fsp3) is 0.926. The lowest BCUT2D eigenvalue weighted by Crippen LogP contribution is -2.59. The van der Waals surface area contributed by atoms with Gasteiger partial charge in [0.15, 0.2) is 0 Å². The normalized spacial score (nSPS) is 58.3. The molecule has 176 valence electrons. The van der Waals surface area contributed by atoms with Crippen LogP contribution in [0.15, 0.2) is 12.2 Å². The Morgan fingerprint density at radius 1 is 1.03 bits per heavy atom. The summed E-state index contributed by atoms with van der Waals surface area (Å²) >= 11 is 0. The highest BCUT2D eigenvalue weighted by molar-refractivity contribution is 5.37. The molecule has 0 heterocycles. The van der Waals surface area contributed by atoms with E-state index >= 15 is 0 Å². The number of allylic oxidation sites excluding steroid dienone is 2. The molecule has 0 unspecified atom stereocenters. The second-order valence-electron chi connectivity index (χ2n) is 13.2. The van der Waals surface area contributed by atoms with Gasteiger partial charge in [0.1, 0.15) is 0 Å². The van der Waals surface area contributed by atoms with Crippen molar-refractivity contribution in [1.29, 1.82) is 0 Å². The largest absolute Gasteiger partial charge is 0.396 e. The summed E-state index contributed by atoms with van der Waals surface area (Å²) in [5, 5.41) is 25.5. The Kier molecular flexibility index (Phi) is 4.75. The minimum Gasteiger partial charge on any atom is -0.396 e. The van der Waals surface area contributed by atoms with Crippen LogP contribution in [0.1, 0.15) is 66.2 Å². The van der Waals surface area contributed by atoms with Crippen molar-refractivity contribution in [3.63, 3.8) is 0 Å². The van der Waals surface area contributed by atoms with Crippen molar-refractivity contribution in [2.75, 3.05) is 27.7 Å². The molecule has 0 aromatic carbocycles. The number of hydrogen-bond donors (Lipinski definition) is 3. The van der Waals surface area contributed by atoms with E-state index in [4.69, 9.17) is 0 Å². The van der Waals surface area contributed by atoms with E-state index in [2.05, 4.69) is 71.2 Å². The molecule has 11 atom stereocenters. The Morgan fingerprint density at radius 2 is 1.68 bits per heavy atom. The van der Waals surface area contributed by atoms with Gasteiger partial charge in [-0.2, -0.15) is 0 Å². The second kappa shape index (κ2) is 6.58. The molecule has 0 bridgehead atoms. The van der Waals surface area contributed by atoms with Gasteiger partial charge in [0.05, 0.1) is 12.7 Å². The minimum atomic E-state index is -0.217. The van der Waals surface area contributed by atoms with Gasteiger partial charge in [-0.3, -0.25) is 0 Å². The Labute approximate surface area is 189 Å². The Hall–Kier alpha value is -0.420. The molecule has 0 saturated heterocycles. The van der Waals surface area contributed by atoms with Crippen LogP contribution >= 0.6 is 0 Å². The molecule has 0 radical (unpaired) electrons. The van der Waals surface area contributed by atoms with E-state index in [9.17, 15) is 10.2 Å². The van der Waals surface area contributed by atoms with Gasteiger partial charge < -0.3 is 20.4 Å². The van der Waals surface area contributed by atoms with Gasteiger partial charge in [-0.1, -0.05) is 32.9 Å². The van der Waals surface area contributed by atoms with Gasteiger partial charge in [-0.25, -0.2) is 0 Å². The van der Waals surface area contributed by atoms with Crippen molar-refractivity contribution in [2.45, 2.75) is 84.4 Å². The summed E-state index contributed by atoms with van der Waals surface area (Å²) < 4.78 is 0. The second-order valence-corrected chi connectivity index (χ2v) is 13.2. The van der Waals surface area contributed by atoms with Crippen molar-refractivity contribution in [3.8, 4) is 0 Å². The van der Waals surface area contributed by atoms with Gasteiger partial charge in [0.25, 0.3) is 0 Å². The van der Waals surface area contributed by atoms with E-state index in [1.54, 1.807) is 0 Å².